The molecule has 0 spiro atoms. The summed E-state index contributed by atoms with van der Waals surface area (Å²) >= 11 is 1.69. The molecule has 6 heteroatoms. The molecule has 0 radical (unpaired) electrons. The molecule has 1 amide bonds. The largest absolute Gasteiger partial charge is 0.367 e. The number of carbonyl (C=O) groups excluding carboxylic acids is 1. The van der Waals surface area contributed by atoms with Crippen LogP contribution in [0.1, 0.15) is 17.9 Å². The molecule has 1 aliphatic heterocycles. The van der Waals surface area contributed by atoms with Crippen LogP contribution in [0.3, 0.4) is 0 Å². The number of aromatic nitrogens is 1. The molecule has 0 unspecified atom stereocenters. The first-order valence-electron chi connectivity index (χ1n) is 7.89. The molecule has 0 bridgehead atoms. The van der Waals surface area contributed by atoms with Gasteiger partial charge < -0.3 is 9.80 Å². The van der Waals surface area contributed by atoms with E-state index in [4.69, 9.17) is 0 Å². The van der Waals surface area contributed by atoms with Crippen LogP contribution in [-0.2, 0) is 4.79 Å². The predicted molar refractivity (Wildman–Crippen MR) is 88.2 cm³/mol. The molecule has 2 aliphatic rings. The van der Waals surface area contributed by atoms with Gasteiger partial charge in [0.05, 0.1) is 18.1 Å². The zero-order chi connectivity index (χ0) is 15.8. The Balaban J connectivity index is 1.34. The van der Waals surface area contributed by atoms with Crippen LogP contribution in [-0.4, -0.2) is 42.0 Å². The van der Waals surface area contributed by atoms with E-state index in [0.29, 0.717) is 19.0 Å². The van der Waals surface area contributed by atoms with E-state index in [2.05, 4.69) is 26.7 Å². The fourth-order valence-corrected chi connectivity index (χ4v) is 4.04. The number of hydrogen-bond acceptors (Lipinski definition) is 4. The highest BCUT2D eigenvalue weighted by molar-refractivity contribution is 7.08. The Morgan fingerprint density at radius 3 is 2.78 bits per heavy atom. The number of halogens is 1. The van der Waals surface area contributed by atoms with Crippen molar-refractivity contribution in [2.75, 3.05) is 31.1 Å². The molecule has 2 atom stereocenters. The molecule has 1 saturated heterocycles. The van der Waals surface area contributed by atoms with Crippen molar-refractivity contribution in [1.82, 2.24) is 9.88 Å². The van der Waals surface area contributed by atoms with Gasteiger partial charge in [-0.25, -0.2) is 4.39 Å². The molecule has 4 nitrogen and oxygen atoms in total. The number of anilines is 1. The molecule has 4 rings (SSSR count). The third kappa shape index (κ3) is 2.95. The third-order valence-corrected chi connectivity index (χ3v) is 5.43. The normalized spacial score (nSPS) is 23.9. The van der Waals surface area contributed by atoms with Gasteiger partial charge in [0.2, 0.25) is 5.91 Å². The first-order chi connectivity index (χ1) is 11.2. The first kappa shape index (κ1) is 14.6. The summed E-state index contributed by atoms with van der Waals surface area (Å²) in [4.78, 5) is 20.5. The van der Waals surface area contributed by atoms with E-state index < -0.39 is 0 Å². The molecule has 2 aromatic rings. The molecule has 120 valence electrons. The molecule has 1 saturated carbocycles. The molecule has 0 N–H and O–H groups in total. The maximum Gasteiger partial charge on any atom is 0.226 e. The fourth-order valence-electron chi connectivity index (χ4n) is 3.32. The van der Waals surface area contributed by atoms with Gasteiger partial charge in [-0.3, -0.25) is 9.78 Å². The Hall–Kier alpha value is -1.95. The van der Waals surface area contributed by atoms with Gasteiger partial charge in [-0.15, -0.1) is 0 Å². The van der Waals surface area contributed by atoms with Crippen LogP contribution in [0.5, 0.6) is 0 Å². The lowest BCUT2D eigenvalue weighted by Crippen LogP contribution is -2.49. The van der Waals surface area contributed by atoms with Gasteiger partial charge in [0.15, 0.2) is 0 Å². The first-order valence-corrected chi connectivity index (χ1v) is 8.83. The van der Waals surface area contributed by atoms with E-state index in [1.54, 1.807) is 17.5 Å². The average Bonchev–Trinajstić information content (AvgIpc) is 3.19. The highest BCUT2D eigenvalue weighted by Gasteiger charge is 2.46. The smallest absolute Gasteiger partial charge is 0.226 e. The van der Waals surface area contributed by atoms with Crippen LogP contribution in [0.2, 0.25) is 0 Å². The van der Waals surface area contributed by atoms with Gasteiger partial charge in [0.25, 0.3) is 0 Å². The Labute approximate surface area is 138 Å². The fraction of sp³-hybridized carbons (Fsp3) is 0.412. The predicted octanol–water partition coefficient (Wildman–Crippen LogP) is 2.73. The number of nitrogens with zero attached hydrogens (tertiary/aromatic N) is 3. The van der Waals surface area contributed by atoms with E-state index in [1.165, 1.54) is 17.8 Å². The number of rotatable bonds is 3. The van der Waals surface area contributed by atoms with Gasteiger partial charge in [-0.1, -0.05) is 0 Å². The quantitative estimate of drug-likeness (QED) is 0.868. The molecule has 2 aromatic heterocycles. The van der Waals surface area contributed by atoms with Crippen molar-refractivity contribution in [3.05, 3.63) is 46.7 Å². The van der Waals surface area contributed by atoms with Gasteiger partial charge in [0.1, 0.15) is 5.82 Å². The third-order valence-electron chi connectivity index (χ3n) is 4.73. The van der Waals surface area contributed by atoms with Crippen molar-refractivity contribution < 1.29 is 9.18 Å². The molecule has 1 aliphatic carbocycles. The Morgan fingerprint density at radius 2 is 2.09 bits per heavy atom. The summed E-state index contributed by atoms with van der Waals surface area (Å²) in [7, 11) is 0. The number of hydrogen-bond donors (Lipinski definition) is 0. The highest BCUT2D eigenvalue weighted by Crippen LogP contribution is 2.49. The Bertz CT molecular complexity index is 698. The second-order valence-electron chi connectivity index (χ2n) is 6.18. The van der Waals surface area contributed by atoms with Crippen molar-refractivity contribution in [1.29, 1.82) is 0 Å². The lowest BCUT2D eigenvalue weighted by molar-refractivity contribution is -0.132. The van der Waals surface area contributed by atoms with Crippen LogP contribution in [0.4, 0.5) is 10.1 Å². The summed E-state index contributed by atoms with van der Waals surface area (Å²) < 4.78 is 13.3. The zero-order valence-corrected chi connectivity index (χ0v) is 13.5. The van der Waals surface area contributed by atoms with E-state index in [-0.39, 0.29) is 17.6 Å². The molecule has 0 aromatic carbocycles. The summed E-state index contributed by atoms with van der Waals surface area (Å²) in [6, 6.07) is 3.62. The van der Waals surface area contributed by atoms with Gasteiger partial charge in [0, 0.05) is 38.2 Å². The van der Waals surface area contributed by atoms with Crippen molar-refractivity contribution in [2.45, 2.75) is 12.3 Å². The molecular weight excluding hydrogens is 313 g/mol. The Kier molecular flexibility index (Phi) is 3.77. The summed E-state index contributed by atoms with van der Waals surface area (Å²) in [5, 5.41) is 4.22. The molecule has 3 heterocycles. The summed E-state index contributed by atoms with van der Waals surface area (Å²) in [5.74, 6) is 0.530. The number of pyridine rings is 1. The lowest BCUT2D eigenvalue weighted by Gasteiger charge is -2.36. The van der Waals surface area contributed by atoms with Crippen LogP contribution in [0, 0.1) is 11.7 Å². The second kappa shape index (κ2) is 5.92. The standard InChI is InChI=1S/C17H18FN3OS/c18-13-7-14(10-19-9-13)20-2-4-21(5-3-20)17(22)16-8-15(16)12-1-6-23-11-12/h1,6-7,9-11,15-16H,2-5,8H2/t15-,16+/m0/s1. The monoisotopic (exact) mass is 331 g/mol. The average molecular weight is 331 g/mol. The van der Waals surface area contributed by atoms with Crippen LogP contribution in [0.25, 0.3) is 0 Å². The minimum atomic E-state index is -0.322. The van der Waals surface area contributed by atoms with E-state index >= 15 is 0 Å². The van der Waals surface area contributed by atoms with Crippen LogP contribution >= 0.6 is 11.3 Å². The van der Waals surface area contributed by atoms with Crippen LogP contribution in [0.15, 0.2) is 35.3 Å². The van der Waals surface area contributed by atoms with E-state index in [1.807, 2.05) is 4.90 Å². The molecular formula is C17H18FN3OS. The SMILES string of the molecule is O=C([C@@H]1C[C@H]1c1ccsc1)N1CCN(c2cncc(F)c2)CC1. The van der Waals surface area contributed by atoms with E-state index in [0.717, 1.165) is 25.2 Å². The lowest BCUT2D eigenvalue weighted by atomic mass is 10.1. The van der Waals surface area contributed by atoms with Crippen molar-refractivity contribution >= 4 is 22.9 Å². The molecule has 23 heavy (non-hydrogen) atoms. The second-order valence-corrected chi connectivity index (χ2v) is 6.96. The van der Waals surface area contributed by atoms with Crippen molar-refractivity contribution in [3.8, 4) is 0 Å². The maximum atomic E-state index is 13.3. The Morgan fingerprint density at radius 1 is 1.26 bits per heavy atom. The number of thiophene rings is 1. The van der Waals surface area contributed by atoms with Crippen LogP contribution < -0.4 is 4.90 Å². The minimum Gasteiger partial charge on any atom is -0.367 e. The molecule has 2 fully saturated rings. The summed E-state index contributed by atoms with van der Waals surface area (Å²) in [6.07, 6.45) is 3.86. The maximum absolute atomic E-state index is 13.3. The van der Waals surface area contributed by atoms with Gasteiger partial charge >= 0.3 is 0 Å². The van der Waals surface area contributed by atoms with Gasteiger partial charge in [-0.2, -0.15) is 11.3 Å². The minimum absolute atomic E-state index is 0.159. The zero-order valence-electron chi connectivity index (χ0n) is 12.7. The summed E-state index contributed by atoms with van der Waals surface area (Å²) in [6.45, 7) is 2.85. The van der Waals surface area contributed by atoms with Crippen molar-refractivity contribution in [2.24, 2.45) is 5.92 Å². The number of piperazine rings is 1. The highest BCUT2D eigenvalue weighted by atomic mass is 32.1. The van der Waals surface area contributed by atoms with Crippen molar-refractivity contribution in [3.63, 3.8) is 0 Å². The number of carbonyl (C=O) groups is 1. The van der Waals surface area contributed by atoms with E-state index in [9.17, 15) is 9.18 Å². The number of amides is 1. The summed E-state index contributed by atoms with van der Waals surface area (Å²) in [5.41, 5.74) is 2.09. The topological polar surface area (TPSA) is 36.4 Å². The van der Waals surface area contributed by atoms with Gasteiger partial charge in [-0.05, 0) is 34.7 Å².